The van der Waals surface area contributed by atoms with E-state index in [2.05, 4.69) is 53.7 Å². The summed E-state index contributed by atoms with van der Waals surface area (Å²) in [5.74, 6) is 3.38. The lowest BCUT2D eigenvalue weighted by atomic mass is 10.1. The lowest BCUT2D eigenvalue weighted by molar-refractivity contribution is 0.254. The van der Waals surface area contributed by atoms with E-state index in [9.17, 15) is 0 Å². The van der Waals surface area contributed by atoms with E-state index in [1.165, 1.54) is 11.1 Å². The summed E-state index contributed by atoms with van der Waals surface area (Å²) in [5, 5.41) is 6.68. The van der Waals surface area contributed by atoms with E-state index >= 15 is 0 Å². The van der Waals surface area contributed by atoms with Gasteiger partial charge in [0.15, 0.2) is 5.96 Å². The number of fused-ring (bicyclic) bond motifs is 1. The molecule has 2 aromatic carbocycles. The Bertz CT molecular complexity index is 864. The van der Waals surface area contributed by atoms with Gasteiger partial charge in [-0.3, -0.25) is 4.99 Å². The summed E-state index contributed by atoms with van der Waals surface area (Å²) in [6, 6.07) is 10.3. The molecular formula is C22H29N3O3. The summed E-state index contributed by atoms with van der Waals surface area (Å²) >= 11 is 0. The normalized spacial score (nSPS) is 15.6. The Labute approximate surface area is 166 Å². The molecule has 0 amide bonds. The molecule has 1 atom stereocenters. The Kier molecular flexibility index (Phi) is 6.29. The molecule has 1 aliphatic rings. The molecule has 0 radical (unpaired) electrons. The lowest BCUT2D eigenvalue weighted by Gasteiger charge is -2.16. The molecule has 28 heavy (non-hydrogen) atoms. The number of methoxy groups -OCH3 is 2. The number of ether oxygens (including phenoxy) is 3. The molecule has 1 heterocycles. The minimum absolute atomic E-state index is 0.210. The predicted octanol–water partition coefficient (Wildman–Crippen LogP) is 3.20. The average Bonchev–Trinajstić information content (AvgIpc) is 3.06. The van der Waals surface area contributed by atoms with Crippen LogP contribution < -0.4 is 24.8 Å². The van der Waals surface area contributed by atoms with Crippen LogP contribution >= 0.6 is 0 Å². The molecule has 2 aromatic rings. The summed E-state index contributed by atoms with van der Waals surface area (Å²) in [6.07, 6.45) is 1.13. The zero-order valence-electron chi connectivity index (χ0n) is 17.3. The SMILES string of the molecule is CN=C(NCc1ccc(C)cc1OC)NCc1cc2c(cc1OC)CC(C)O2. The third-order valence-electron chi connectivity index (χ3n) is 4.86. The van der Waals surface area contributed by atoms with Gasteiger partial charge in [-0.15, -0.1) is 0 Å². The molecule has 6 nitrogen and oxygen atoms in total. The first-order valence-corrected chi connectivity index (χ1v) is 9.48. The van der Waals surface area contributed by atoms with Crippen LogP contribution in [0.3, 0.4) is 0 Å². The van der Waals surface area contributed by atoms with Gasteiger partial charge < -0.3 is 24.8 Å². The van der Waals surface area contributed by atoms with Crippen molar-refractivity contribution in [3.05, 3.63) is 52.6 Å². The van der Waals surface area contributed by atoms with Gasteiger partial charge in [0, 0.05) is 43.2 Å². The first-order chi connectivity index (χ1) is 13.5. The second kappa shape index (κ2) is 8.87. The second-order valence-electron chi connectivity index (χ2n) is 7.00. The molecule has 0 spiro atoms. The van der Waals surface area contributed by atoms with Gasteiger partial charge in [0.2, 0.25) is 0 Å². The number of rotatable bonds is 6. The number of guanidine groups is 1. The topological polar surface area (TPSA) is 64.1 Å². The number of nitrogens with one attached hydrogen (secondary N) is 2. The maximum absolute atomic E-state index is 5.88. The van der Waals surface area contributed by atoms with E-state index < -0.39 is 0 Å². The summed E-state index contributed by atoms with van der Waals surface area (Å²) in [5.41, 5.74) is 4.48. The van der Waals surface area contributed by atoms with Gasteiger partial charge in [0.25, 0.3) is 0 Å². The van der Waals surface area contributed by atoms with Crippen LogP contribution in [0.5, 0.6) is 17.2 Å². The minimum Gasteiger partial charge on any atom is -0.496 e. The predicted molar refractivity (Wildman–Crippen MR) is 112 cm³/mol. The van der Waals surface area contributed by atoms with Crippen LogP contribution in [0, 0.1) is 6.92 Å². The van der Waals surface area contributed by atoms with E-state index in [4.69, 9.17) is 14.2 Å². The minimum atomic E-state index is 0.210. The standard InChI is InChI=1S/C22H29N3O3/c1-14-6-7-16(19(8-14)26-4)12-24-22(23-3)25-13-18-11-21-17(9-15(2)28-21)10-20(18)27-5/h6-8,10-11,15H,9,12-13H2,1-5H3,(H2,23,24,25). The van der Waals surface area contributed by atoms with E-state index in [1.54, 1.807) is 21.3 Å². The third-order valence-corrected chi connectivity index (χ3v) is 4.86. The number of aryl methyl sites for hydroxylation is 1. The van der Waals surface area contributed by atoms with Crippen LogP contribution in [0.15, 0.2) is 35.3 Å². The average molecular weight is 383 g/mol. The van der Waals surface area contributed by atoms with Crippen LogP contribution in [-0.2, 0) is 19.5 Å². The largest absolute Gasteiger partial charge is 0.496 e. The van der Waals surface area contributed by atoms with Gasteiger partial charge in [0.05, 0.1) is 14.2 Å². The molecule has 2 N–H and O–H groups in total. The van der Waals surface area contributed by atoms with Crippen molar-refractivity contribution in [1.29, 1.82) is 0 Å². The van der Waals surface area contributed by atoms with Crippen molar-refractivity contribution in [2.45, 2.75) is 39.5 Å². The van der Waals surface area contributed by atoms with Crippen molar-refractivity contribution >= 4 is 5.96 Å². The van der Waals surface area contributed by atoms with Crippen LogP contribution in [0.2, 0.25) is 0 Å². The highest BCUT2D eigenvalue weighted by atomic mass is 16.5. The number of nitrogens with zero attached hydrogens (tertiary/aromatic N) is 1. The monoisotopic (exact) mass is 383 g/mol. The molecule has 6 heteroatoms. The van der Waals surface area contributed by atoms with Gasteiger partial charge in [0.1, 0.15) is 23.4 Å². The maximum atomic E-state index is 5.88. The highest BCUT2D eigenvalue weighted by molar-refractivity contribution is 5.79. The van der Waals surface area contributed by atoms with Gasteiger partial charge in [-0.1, -0.05) is 12.1 Å². The van der Waals surface area contributed by atoms with Crippen LogP contribution in [-0.4, -0.2) is 33.3 Å². The second-order valence-corrected chi connectivity index (χ2v) is 7.00. The Hall–Kier alpha value is -2.89. The Morgan fingerprint density at radius 2 is 1.75 bits per heavy atom. The van der Waals surface area contributed by atoms with Crippen molar-refractivity contribution in [3.63, 3.8) is 0 Å². The van der Waals surface area contributed by atoms with Gasteiger partial charge >= 0.3 is 0 Å². The maximum Gasteiger partial charge on any atom is 0.191 e. The first kappa shape index (κ1) is 19.9. The van der Waals surface area contributed by atoms with Crippen molar-refractivity contribution in [1.82, 2.24) is 10.6 Å². The number of hydrogen-bond donors (Lipinski definition) is 2. The first-order valence-electron chi connectivity index (χ1n) is 9.48. The van der Waals surface area contributed by atoms with Crippen LogP contribution in [0.4, 0.5) is 0 Å². The van der Waals surface area contributed by atoms with Gasteiger partial charge in [-0.2, -0.15) is 0 Å². The number of aliphatic imine (C=N–C) groups is 1. The summed E-state index contributed by atoms with van der Waals surface area (Å²) < 4.78 is 16.9. The molecule has 1 aliphatic heterocycles. The van der Waals surface area contributed by atoms with Gasteiger partial charge in [-0.05, 0) is 37.6 Å². The molecule has 150 valence electrons. The Morgan fingerprint density at radius 1 is 1.07 bits per heavy atom. The van der Waals surface area contributed by atoms with Crippen molar-refractivity contribution in [3.8, 4) is 17.2 Å². The molecule has 0 aromatic heterocycles. The van der Waals surface area contributed by atoms with Crippen molar-refractivity contribution in [2.24, 2.45) is 4.99 Å². The molecule has 0 fully saturated rings. The fourth-order valence-corrected chi connectivity index (χ4v) is 3.39. The molecular weight excluding hydrogens is 354 g/mol. The van der Waals surface area contributed by atoms with Crippen molar-refractivity contribution < 1.29 is 14.2 Å². The molecule has 1 unspecified atom stereocenters. The number of hydrogen-bond acceptors (Lipinski definition) is 4. The molecule has 0 saturated heterocycles. The van der Waals surface area contributed by atoms with Crippen LogP contribution in [0.25, 0.3) is 0 Å². The highest BCUT2D eigenvalue weighted by Gasteiger charge is 2.21. The summed E-state index contributed by atoms with van der Waals surface area (Å²) in [7, 11) is 5.14. The zero-order chi connectivity index (χ0) is 20.1. The van der Waals surface area contributed by atoms with Gasteiger partial charge in [-0.25, -0.2) is 0 Å². The number of benzene rings is 2. The molecule has 0 aliphatic carbocycles. The summed E-state index contributed by atoms with van der Waals surface area (Å²) in [6.45, 7) is 5.33. The van der Waals surface area contributed by atoms with E-state index in [0.717, 1.165) is 34.8 Å². The van der Waals surface area contributed by atoms with E-state index in [-0.39, 0.29) is 6.10 Å². The van der Waals surface area contributed by atoms with E-state index in [0.29, 0.717) is 19.0 Å². The Morgan fingerprint density at radius 3 is 2.43 bits per heavy atom. The fourth-order valence-electron chi connectivity index (χ4n) is 3.39. The zero-order valence-corrected chi connectivity index (χ0v) is 17.3. The van der Waals surface area contributed by atoms with Crippen LogP contribution in [0.1, 0.15) is 29.2 Å². The molecule has 3 rings (SSSR count). The smallest absolute Gasteiger partial charge is 0.191 e. The summed E-state index contributed by atoms with van der Waals surface area (Å²) in [4.78, 5) is 4.31. The molecule has 0 bridgehead atoms. The fraction of sp³-hybridized carbons (Fsp3) is 0.409. The highest BCUT2D eigenvalue weighted by Crippen LogP contribution is 2.34. The molecule has 0 saturated carbocycles. The third kappa shape index (κ3) is 4.50. The van der Waals surface area contributed by atoms with Crippen molar-refractivity contribution in [2.75, 3.05) is 21.3 Å². The Balaban J connectivity index is 1.64. The quantitative estimate of drug-likeness (QED) is 0.592. The lowest BCUT2D eigenvalue weighted by Crippen LogP contribution is -2.36. The van der Waals surface area contributed by atoms with E-state index in [1.807, 2.05) is 6.07 Å².